The number of carbonyl (C=O) groups is 4. The van der Waals surface area contributed by atoms with Gasteiger partial charge < -0.3 is 20.7 Å². The van der Waals surface area contributed by atoms with Gasteiger partial charge in [0.1, 0.15) is 6.54 Å². The molecule has 2 aromatic rings. The second-order valence-electron chi connectivity index (χ2n) is 10.7. The molecule has 12 heteroatoms. The van der Waals surface area contributed by atoms with Gasteiger partial charge in [-0.25, -0.2) is 4.79 Å². The van der Waals surface area contributed by atoms with Crippen LogP contribution < -0.4 is 11.1 Å². The van der Waals surface area contributed by atoms with Crippen molar-refractivity contribution < 1.29 is 37.1 Å². The Kier molecular flexibility index (Phi) is 7.07. The first kappa shape index (κ1) is 27.6. The summed E-state index contributed by atoms with van der Waals surface area (Å²) in [7, 11) is 0. The highest BCUT2D eigenvalue weighted by Gasteiger charge is 2.54. The number of alkyl halides is 3. The number of hydrogen-bond acceptors (Lipinski definition) is 6. The summed E-state index contributed by atoms with van der Waals surface area (Å²) >= 11 is 0. The lowest BCUT2D eigenvalue weighted by molar-refractivity contribution is -0.159. The molecule has 40 heavy (non-hydrogen) atoms. The van der Waals surface area contributed by atoms with E-state index in [1.54, 1.807) is 4.90 Å². The average molecular weight is 559 g/mol. The van der Waals surface area contributed by atoms with E-state index in [2.05, 4.69) is 5.32 Å². The smallest absolute Gasteiger partial charge is 0.412 e. The Bertz CT molecular complexity index is 1350. The highest BCUT2D eigenvalue weighted by molar-refractivity contribution is 6.04. The first-order valence-corrected chi connectivity index (χ1v) is 13.0. The SMILES string of the molecule is C[C@@H](C1CC1)N(Cc1ccccc1)C(=O)CN1C[C@@]2(CC(=O)c3cc(NC(=O)[C@@H](N)C(F)(F)F)ccc32)OC1=O. The predicted molar refractivity (Wildman–Crippen MR) is 137 cm³/mol. The van der Waals surface area contributed by atoms with E-state index < -0.39 is 35.6 Å². The number of Topliss-reactive ketones (excluding diaryl/α,β-unsaturated/α-hetero) is 1. The Morgan fingerprint density at radius 1 is 1.18 bits per heavy atom. The third-order valence-electron chi connectivity index (χ3n) is 7.78. The van der Waals surface area contributed by atoms with Gasteiger partial charge in [0.15, 0.2) is 17.4 Å². The molecule has 3 atom stereocenters. The van der Waals surface area contributed by atoms with Crippen LogP contribution in [0.4, 0.5) is 23.7 Å². The van der Waals surface area contributed by atoms with Crippen LogP contribution in [0.15, 0.2) is 48.5 Å². The van der Waals surface area contributed by atoms with Crippen molar-refractivity contribution in [1.82, 2.24) is 9.80 Å². The van der Waals surface area contributed by atoms with Gasteiger partial charge in [0, 0.05) is 29.4 Å². The van der Waals surface area contributed by atoms with E-state index >= 15 is 0 Å². The molecule has 1 saturated heterocycles. The molecule has 2 aliphatic carbocycles. The number of amides is 3. The number of hydrogen-bond donors (Lipinski definition) is 2. The Hall–Kier alpha value is -3.93. The van der Waals surface area contributed by atoms with Crippen molar-refractivity contribution in [3.63, 3.8) is 0 Å². The van der Waals surface area contributed by atoms with Crippen LogP contribution in [0.25, 0.3) is 0 Å². The zero-order valence-electron chi connectivity index (χ0n) is 21.7. The summed E-state index contributed by atoms with van der Waals surface area (Å²) in [5, 5.41) is 2.07. The highest BCUT2D eigenvalue weighted by atomic mass is 19.4. The standard InChI is InChI=1S/C28H29F3N4O5/c1-16(18-7-8-18)35(13-17-5-3-2-4-6-17)23(37)14-34-15-27(40-26(34)39)12-22(36)20-11-19(9-10-21(20)27)33-25(38)24(32)28(29,30)31/h2-6,9-11,16,18,24H,7-8,12-15,32H2,1H3,(H,33,38)/t16-,24+,27+/m0/s1. The number of nitrogens with two attached hydrogens (primary N) is 1. The first-order chi connectivity index (χ1) is 18.9. The lowest BCUT2D eigenvalue weighted by Gasteiger charge is -2.31. The quantitative estimate of drug-likeness (QED) is 0.511. The zero-order valence-corrected chi connectivity index (χ0v) is 21.7. The molecule has 1 spiro atoms. The maximum atomic E-state index is 13.5. The van der Waals surface area contributed by atoms with Gasteiger partial charge in [-0.3, -0.25) is 19.3 Å². The summed E-state index contributed by atoms with van der Waals surface area (Å²) in [4.78, 5) is 54.2. The molecule has 1 saturated carbocycles. The van der Waals surface area contributed by atoms with Crippen molar-refractivity contribution in [3.8, 4) is 0 Å². The van der Waals surface area contributed by atoms with Crippen LogP contribution in [0, 0.1) is 5.92 Å². The van der Waals surface area contributed by atoms with Gasteiger partial charge in [-0.1, -0.05) is 36.4 Å². The third kappa shape index (κ3) is 5.40. The number of ketones is 1. The van der Waals surface area contributed by atoms with Gasteiger partial charge in [0.25, 0.3) is 5.91 Å². The van der Waals surface area contributed by atoms with Crippen molar-refractivity contribution >= 4 is 29.4 Å². The van der Waals surface area contributed by atoms with Gasteiger partial charge in [-0.05, 0) is 43.4 Å². The van der Waals surface area contributed by atoms with Crippen molar-refractivity contribution in [2.75, 3.05) is 18.4 Å². The van der Waals surface area contributed by atoms with Gasteiger partial charge in [0.2, 0.25) is 5.91 Å². The lowest BCUT2D eigenvalue weighted by Crippen LogP contribution is -2.47. The van der Waals surface area contributed by atoms with Crippen LogP contribution in [0.3, 0.4) is 0 Å². The summed E-state index contributed by atoms with van der Waals surface area (Å²) in [6.45, 7) is 2.14. The first-order valence-electron chi connectivity index (χ1n) is 13.0. The second kappa shape index (κ2) is 10.2. The summed E-state index contributed by atoms with van der Waals surface area (Å²) < 4.78 is 44.0. The minimum atomic E-state index is -4.92. The molecule has 0 aromatic heterocycles. The summed E-state index contributed by atoms with van der Waals surface area (Å²) in [5.74, 6) is -1.70. The van der Waals surface area contributed by atoms with E-state index in [1.165, 1.54) is 23.1 Å². The van der Waals surface area contributed by atoms with Crippen molar-refractivity contribution in [1.29, 1.82) is 0 Å². The molecule has 0 radical (unpaired) electrons. The van der Waals surface area contributed by atoms with E-state index in [1.807, 2.05) is 37.3 Å². The Labute approximate surface area is 228 Å². The molecule has 1 aliphatic heterocycles. The van der Waals surface area contributed by atoms with Crippen LogP contribution in [-0.2, 0) is 26.5 Å². The number of ether oxygens (including phenoxy) is 1. The fraction of sp³-hybridized carbons (Fsp3) is 0.429. The third-order valence-corrected chi connectivity index (χ3v) is 7.78. The number of benzene rings is 2. The van der Waals surface area contributed by atoms with Gasteiger partial charge in [-0.15, -0.1) is 0 Å². The van der Waals surface area contributed by atoms with Gasteiger partial charge in [-0.2, -0.15) is 13.2 Å². The molecule has 0 unspecified atom stereocenters. The number of anilines is 1. The summed E-state index contributed by atoms with van der Waals surface area (Å²) in [6, 6.07) is 10.8. The van der Waals surface area contributed by atoms with E-state index in [-0.39, 0.29) is 42.7 Å². The average Bonchev–Trinajstić information content (AvgIpc) is 3.66. The molecule has 5 rings (SSSR count). The van der Waals surface area contributed by atoms with Gasteiger partial charge in [0.05, 0.1) is 13.0 Å². The van der Waals surface area contributed by atoms with Crippen LogP contribution in [0.5, 0.6) is 0 Å². The number of carbonyl (C=O) groups excluding carboxylic acids is 4. The Morgan fingerprint density at radius 2 is 1.88 bits per heavy atom. The lowest BCUT2D eigenvalue weighted by atomic mass is 9.95. The summed E-state index contributed by atoms with van der Waals surface area (Å²) in [6.07, 6.45) is -3.77. The van der Waals surface area contributed by atoms with Gasteiger partial charge >= 0.3 is 12.3 Å². The fourth-order valence-corrected chi connectivity index (χ4v) is 5.38. The molecule has 9 nitrogen and oxygen atoms in total. The Balaban J connectivity index is 1.31. The number of rotatable bonds is 8. The second-order valence-corrected chi connectivity index (χ2v) is 10.7. The van der Waals surface area contributed by atoms with Crippen LogP contribution >= 0.6 is 0 Å². The van der Waals surface area contributed by atoms with E-state index in [0.717, 1.165) is 18.4 Å². The van der Waals surface area contributed by atoms with Crippen molar-refractivity contribution in [3.05, 3.63) is 65.2 Å². The monoisotopic (exact) mass is 558 g/mol. The Morgan fingerprint density at radius 3 is 2.52 bits per heavy atom. The number of fused-ring (bicyclic) bond motifs is 2. The van der Waals surface area contributed by atoms with Crippen LogP contribution in [-0.4, -0.2) is 64.8 Å². The number of halogens is 3. The number of nitrogens with one attached hydrogen (secondary N) is 1. The topological polar surface area (TPSA) is 122 Å². The molecule has 3 amide bonds. The molecule has 1 heterocycles. The zero-order chi connectivity index (χ0) is 28.8. The van der Waals surface area contributed by atoms with Crippen molar-refractivity contribution in [2.45, 2.75) is 56.6 Å². The van der Waals surface area contributed by atoms with Crippen LogP contribution in [0.1, 0.15) is 47.7 Å². The van der Waals surface area contributed by atoms with Crippen LogP contribution in [0.2, 0.25) is 0 Å². The normalized spacial score (nSPS) is 21.7. The fourth-order valence-electron chi connectivity index (χ4n) is 5.38. The molecule has 2 aromatic carbocycles. The molecule has 3 N–H and O–H groups in total. The molecular weight excluding hydrogens is 529 g/mol. The molecular formula is C28H29F3N4O5. The van der Waals surface area contributed by atoms with Crippen molar-refractivity contribution in [2.24, 2.45) is 11.7 Å². The number of nitrogens with zero attached hydrogens (tertiary/aromatic N) is 2. The molecule has 0 bridgehead atoms. The van der Waals surface area contributed by atoms with E-state index in [9.17, 15) is 32.3 Å². The summed E-state index contributed by atoms with van der Waals surface area (Å²) in [5.41, 5.74) is 5.03. The molecule has 3 aliphatic rings. The van der Waals surface area contributed by atoms with E-state index in [4.69, 9.17) is 10.5 Å². The molecule has 2 fully saturated rings. The maximum Gasteiger partial charge on any atom is 0.412 e. The minimum Gasteiger partial charge on any atom is -0.435 e. The highest BCUT2D eigenvalue weighted by Crippen LogP contribution is 2.45. The minimum absolute atomic E-state index is 0.00632. The van der Waals surface area contributed by atoms with E-state index in [0.29, 0.717) is 18.0 Å². The molecule has 212 valence electrons. The maximum absolute atomic E-state index is 13.5. The predicted octanol–water partition coefficient (Wildman–Crippen LogP) is 3.58. The largest absolute Gasteiger partial charge is 0.435 e.